The van der Waals surface area contributed by atoms with Crippen molar-refractivity contribution in [3.8, 4) is 5.69 Å². The topological polar surface area (TPSA) is 34.9 Å². The Morgan fingerprint density at radius 3 is 2.38 bits per heavy atom. The van der Waals surface area contributed by atoms with E-state index in [0.29, 0.717) is 15.7 Å². The predicted octanol–water partition coefficient (Wildman–Crippen LogP) is 5.38. The molecule has 0 radical (unpaired) electrons. The first kappa shape index (κ1) is 16.5. The summed E-state index contributed by atoms with van der Waals surface area (Å²) >= 11 is 12.3. The minimum Gasteiger partial charge on any atom is -0.289 e. The molecule has 3 rings (SSSR count). The lowest BCUT2D eigenvalue weighted by molar-refractivity contribution is 0.104. The molecule has 0 amide bonds. The number of para-hydroxylation sites is 1. The van der Waals surface area contributed by atoms with Gasteiger partial charge < -0.3 is 0 Å². The van der Waals surface area contributed by atoms with E-state index in [-0.39, 0.29) is 5.78 Å². The van der Waals surface area contributed by atoms with Crippen molar-refractivity contribution in [1.29, 1.82) is 0 Å². The number of ketones is 1. The van der Waals surface area contributed by atoms with Crippen molar-refractivity contribution < 1.29 is 4.79 Å². The van der Waals surface area contributed by atoms with Crippen LogP contribution in [0.15, 0.2) is 60.7 Å². The number of rotatable bonds is 4. The normalized spacial score (nSPS) is 11.1. The van der Waals surface area contributed by atoms with Crippen LogP contribution in [0.3, 0.4) is 0 Å². The molecular formula is C19H14Cl2N2O. The Kier molecular flexibility index (Phi) is 4.84. The first-order valence-corrected chi connectivity index (χ1v) is 8.10. The number of carbonyl (C=O) groups excluding carboxylic acids is 1. The lowest BCUT2D eigenvalue weighted by Gasteiger charge is -2.02. The molecule has 0 fully saturated rings. The molecule has 0 unspecified atom stereocenters. The fourth-order valence-electron chi connectivity index (χ4n) is 2.31. The zero-order valence-corrected chi connectivity index (χ0v) is 14.4. The van der Waals surface area contributed by atoms with Crippen LogP contribution < -0.4 is 0 Å². The number of aromatic nitrogens is 2. The van der Waals surface area contributed by atoms with Gasteiger partial charge in [0.15, 0.2) is 5.78 Å². The Hall–Kier alpha value is -2.36. The quantitative estimate of drug-likeness (QED) is 0.464. The maximum Gasteiger partial charge on any atom is 0.185 e. The third kappa shape index (κ3) is 3.42. The Labute approximate surface area is 150 Å². The molecule has 0 saturated carbocycles. The van der Waals surface area contributed by atoms with Crippen molar-refractivity contribution >= 4 is 35.1 Å². The number of hydrogen-bond acceptors (Lipinski definition) is 2. The highest BCUT2D eigenvalue weighted by molar-refractivity contribution is 6.31. The van der Waals surface area contributed by atoms with E-state index < -0.39 is 0 Å². The Bertz CT molecular complexity index is 897. The highest BCUT2D eigenvalue weighted by Gasteiger charge is 2.12. The van der Waals surface area contributed by atoms with Gasteiger partial charge in [-0.3, -0.25) is 4.79 Å². The van der Waals surface area contributed by atoms with Crippen LogP contribution in [0.25, 0.3) is 11.8 Å². The molecule has 0 bridgehead atoms. The fourth-order valence-corrected chi connectivity index (χ4v) is 2.77. The van der Waals surface area contributed by atoms with Gasteiger partial charge in [0.25, 0.3) is 0 Å². The smallest absolute Gasteiger partial charge is 0.185 e. The van der Waals surface area contributed by atoms with Crippen LogP contribution in [0.4, 0.5) is 0 Å². The van der Waals surface area contributed by atoms with Gasteiger partial charge in [0.05, 0.1) is 11.4 Å². The van der Waals surface area contributed by atoms with Crippen molar-refractivity contribution in [3.63, 3.8) is 0 Å². The molecule has 0 aliphatic rings. The first-order valence-electron chi connectivity index (χ1n) is 7.35. The molecule has 1 heterocycles. The molecule has 0 spiro atoms. The number of nitrogens with zero attached hydrogens (tertiary/aromatic N) is 2. The molecule has 0 atom stereocenters. The first-order chi connectivity index (χ1) is 11.6. The molecule has 1 aromatic heterocycles. The minimum absolute atomic E-state index is 0.116. The number of benzene rings is 2. The van der Waals surface area contributed by atoms with Crippen LogP contribution in [0.2, 0.25) is 10.2 Å². The van der Waals surface area contributed by atoms with Crippen LogP contribution in [-0.2, 0) is 0 Å². The molecule has 5 heteroatoms. The summed E-state index contributed by atoms with van der Waals surface area (Å²) in [6.07, 6.45) is 3.19. The third-order valence-corrected chi connectivity index (χ3v) is 4.19. The predicted molar refractivity (Wildman–Crippen MR) is 98.1 cm³/mol. The van der Waals surface area contributed by atoms with Gasteiger partial charge in [-0.2, -0.15) is 5.10 Å². The van der Waals surface area contributed by atoms with Crippen molar-refractivity contribution in [3.05, 3.63) is 87.7 Å². The fraction of sp³-hybridized carbons (Fsp3) is 0.0526. The number of carbonyl (C=O) groups is 1. The lowest BCUT2D eigenvalue weighted by Crippen LogP contribution is -1.95. The van der Waals surface area contributed by atoms with E-state index in [4.69, 9.17) is 23.2 Å². The van der Waals surface area contributed by atoms with Gasteiger partial charge in [0, 0.05) is 16.1 Å². The summed E-state index contributed by atoms with van der Waals surface area (Å²) in [5.74, 6) is -0.116. The van der Waals surface area contributed by atoms with E-state index in [9.17, 15) is 4.79 Å². The van der Waals surface area contributed by atoms with E-state index in [1.807, 2.05) is 37.3 Å². The van der Waals surface area contributed by atoms with Gasteiger partial charge in [0.1, 0.15) is 5.15 Å². The number of aryl methyl sites for hydroxylation is 1. The summed E-state index contributed by atoms with van der Waals surface area (Å²) in [6.45, 7) is 1.86. The van der Waals surface area contributed by atoms with E-state index in [1.54, 1.807) is 35.0 Å². The number of hydrogen-bond donors (Lipinski definition) is 0. The van der Waals surface area contributed by atoms with Gasteiger partial charge in [-0.15, -0.1) is 0 Å². The second kappa shape index (κ2) is 7.04. The van der Waals surface area contributed by atoms with E-state index in [0.717, 1.165) is 16.9 Å². The van der Waals surface area contributed by atoms with Crippen molar-refractivity contribution in [1.82, 2.24) is 9.78 Å². The number of halogens is 2. The zero-order chi connectivity index (χ0) is 17.1. The summed E-state index contributed by atoms with van der Waals surface area (Å²) in [4.78, 5) is 12.2. The molecule has 0 aliphatic carbocycles. The third-order valence-electron chi connectivity index (χ3n) is 3.58. The molecule has 0 aliphatic heterocycles. The summed E-state index contributed by atoms with van der Waals surface area (Å²) in [5.41, 5.74) is 2.92. The molecule has 0 saturated heterocycles. The summed E-state index contributed by atoms with van der Waals surface area (Å²) in [5, 5.41) is 5.51. The van der Waals surface area contributed by atoms with E-state index >= 15 is 0 Å². The molecule has 24 heavy (non-hydrogen) atoms. The molecule has 2 aromatic carbocycles. The second-order valence-corrected chi connectivity index (χ2v) is 6.04. The summed E-state index contributed by atoms with van der Waals surface area (Å²) in [6, 6.07) is 16.4. The van der Waals surface area contributed by atoms with Crippen LogP contribution >= 0.6 is 23.2 Å². The lowest BCUT2D eigenvalue weighted by atomic mass is 10.1. The monoisotopic (exact) mass is 356 g/mol. The summed E-state index contributed by atoms with van der Waals surface area (Å²) < 4.78 is 1.66. The van der Waals surface area contributed by atoms with E-state index in [2.05, 4.69) is 5.10 Å². The van der Waals surface area contributed by atoms with Gasteiger partial charge in [-0.1, -0.05) is 41.4 Å². The molecular weight excluding hydrogens is 343 g/mol. The number of allylic oxidation sites excluding steroid dienone is 1. The van der Waals surface area contributed by atoms with Gasteiger partial charge in [-0.25, -0.2) is 4.68 Å². The SMILES string of the molecule is Cc1nn(-c2ccccc2)c(Cl)c1/C=C/C(=O)c1ccc(Cl)cc1. The van der Waals surface area contributed by atoms with Crippen LogP contribution in [-0.4, -0.2) is 15.6 Å². The molecule has 120 valence electrons. The van der Waals surface area contributed by atoms with Crippen molar-refractivity contribution in [2.45, 2.75) is 6.92 Å². The van der Waals surface area contributed by atoms with Crippen LogP contribution in [0.5, 0.6) is 0 Å². The Balaban J connectivity index is 1.89. The Morgan fingerprint density at radius 1 is 1.04 bits per heavy atom. The summed E-state index contributed by atoms with van der Waals surface area (Å²) in [7, 11) is 0. The van der Waals surface area contributed by atoms with E-state index in [1.165, 1.54) is 6.08 Å². The average Bonchev–Trinajstić information content (AvgIpc) is 2.88. The van der Waals surface area contributed by atoms with Gasteiger partial charge in [-0.05, 0) is 55.5 Å². The largest absolute Gasteiger partial charge is 0.289 e. The van der Waals surface area contributed by atoms with Crippen LogP contribution in [0.1, 0.15) is 21.6 Å². The standard InChI is InChI=1S/C19H14Cl2N2O/c1-13-17(11-12-18(24)14-7-9-15(20)10-8-14)19(21)23(22-13)16-5-3-2-4-6-16/h2-12H,1H3/b12-11+. The average molecular weight is 357 g/mol. The molecule has 3 aromatic rings. The second-order valence-electron chi connectivity index (χ2n) is 5.24. The van der Waals surface area contributed by atoms with Crippen molar-refractivity contribution in [2.75, 3.05) is 0 Å². The minimum atomic E-state index is -0.116. The van der Waals surface area contributed by atoms with Gasteiger partial charge in [0.2, 0.25) is 0 Å². The Morgan fingerprint density at radius 2 is 1.71 bits per heavy atom. The molecule has 3 nitrogen and oxygen atoms in total. The maximum atomic E-state index is 12.2. The zero-order valence-electron chi connectivity index (χ0n) is 12.9. The molecule has 0 N–H and O–H groups in total. The van der Waals surface area contributed by atoms with Gasteiger partial charge >= 0.3 is 0 Å². The van der Waals surface area contributed by atoms with Crippen LogP contribution in [0, 0.1) is 6.92 Å². The highest BCUT2D eigenvalue weighted by atomic mass is 35.5. The highest BCUT2D eigenvalue weighted by Crippen LogP contribution is 2.24. The maximum absolute atomic E-state index is 12.2. The van der Waals surface area contributed by atoms with Crippen molar-refractivity contribution in [2.24, 2.45) is 0 Å².